The maximum absolute atomic E-state index is 6.67. The number of para-hydroxylation sites is 2. The van der Waals surface area contributed by atoms with Gasteiger partial charge in [0.25, 0.3) is 0 Å². The highest BCUT2D eigenvalue weighted by atomic mass is 16.3. The lowest BCUT2D eigenvalue weighted by molar-refractivity contribution is 0.668. The monoisotopic (exact) mass is 794 g/mol. The summed E-state index contributed by atoms with van der Waals surface area (Å²) in [4.78, 5) is 19.5. The molecule has 0 saturated heterocycles. The Hall–Kier alpha value is -8.48. The fourth-order valence-corrected chi connectivity index (χ4v) is 8.52. The van der Waals surface area contributed by atoms with Crippen LogP contribution < -0.4 is 0 Å². The van der Waals surface area contributed by atoms with Crippen LogP contribution in [0.15, 0.2) is 215 Å². The van der Waals surface area contributed by atoms with Gasteiger partial charge in [-0.25, -0.2) is 19.9 Å². The zero-order valence-electron chi connectivity index (χ0n) is 33.2. The molecule has 0 aliphatic rings. The summed E-state index contributed by atoms with van der Waals surface area (Å²) in [6.45, 7) is 0. The third-order valence-electron chi connectivity index (χ3n) is 11.7. The number of fused-ring (bicyclic) bond motifs is 6. The van der Waals surface area contributed by atoms with Crippen molar-refractivity contribution in [2.24, 2.45) is 0 Å². The number of benzene rings is 8. The molecular weight excluding hydrogens is 761 g/mol. The quantitative estimate of drug-likeness (QED) is 0.160. The molecule has 4 aromatic heterocycles. The molecule has 0 atom stereocenters. The summed E-state index contributed by atoms with van der Waals surface area (Å²) in [6.07, 6.45) is 3.74. The third-order valence-corrected chi connectivity index (χ3v) is 11.7. The smallest absolute Gasteiger partial charge is 0.160 e. The van der Waals surface area contributed by atoms with Gasteiger partial charge in [-0.3, -0.25) is 0 Å². The van der Waals surface area contributed by atoms with E-state index < -0.39 is 0 Å². The van der Waals surface area contributed by atoms with Gasteiger partial charge in [0.15, 0.2) is 11.6 Å². The second kappa shape index (κ2) is 14.7. The Morgan fingerprint density at radius 1 is 0.306 bits per heavy atom. The topological polar surface area (TPSA) is 77.8 Å². The summed E-state index contributed by atoms with van der Waals surface area (Å²) in [5, 5.41) is 4.36. The molecule has 0 aliphatic heterocycles. The minimum atomic E-state index is 0.649. The van der Waals surface area contributed by atoms with E-state index in [-0.39, 0.29) is 0 Å². The molecule has 0 spiro atoms. The number of rotatable bonds is 7. The predicted molar refractivity (Wildman–Crippen MR) is 250 cm³/mol. The van der Waals surface area contributed by atoms with Gasteiger partial charge in [0.05, 0.1) is 11.4 Å². The summed E-state index contributed by atoms with van der Waals surface area (Å²) < 4.78 is 13.0. The molecule has 0 aliphatic carbocycles. The average Bonchev–Trinajstić information content (AvgIpc) is 3.93. The van der Waals surface area contributed by atoms with E-state index in [1.54, 1.807) is 0 Å². The minimum absolute atomic E-state index is 0.649. The van der Waals surface area contributed by atoms with Crippen molar-refractivity contribution in [3.63, 3.8) is 0 Å². The first-order valence-corrected chi connectivity index (χ1v) is 20.6. The van der Waals surface area contributed by atoms with Crippen LogP contribution in [0.25, 0.3) is 123 Å². The van der Waals surface area contributed by atoms with E-state index in [1.165, 1.54) is 0 Å². The van der Waals surface area contributed by atoms with Crippen molar-refractivity contribution < 1.29 is 8.83 Å². The van der Waals surface area contributed by atoms with Crippen LogP contribution in [0.1, 0.15) is 0 Å². The summed E-state index contributed by atoms with van der Waals surface area (Å²) in [6, 6.07) is 66.5. The van der Waals surface area contributed by atoms with Crippen LogP contribution in [0.2, 0.25) is 0 Å². The number of hydrogen-bond donors (Lipinski definition) is 0. The first kappa shape index (κ1) is 35.5. The van der Waals surface area contributed by atoms with Crippen LogP contribution in [0, 0.1) is 0 Å². The average molecular weight is 795 g/mol. The highest BCUT2D eigenvalue weighted by Crippen LogP contribution is 2.43. The molecule has 8 aromatic carbocycles. The molecular formula is C56H34N4O2. The molecule has 290 valence electrons. The lowest BCUT2D eigenvalue weighted by atomic mass is 9.93. The fraction of sp³-hybridized carbons (Fsp3) is 0. The molecule has 12 rings (SSSR count). The van der Waals surface area contributed by atoms with Gasteiger partial charge in [0.1, 0.15) is 22.3 Å². The molecule has 0 unspecified atom stereocenters. The summed E-state index contributed by atoms with van der Waals surface area (Å²) in [5.41, 5.74) is 15.2. The Morgan fingerprint density at radius 2 is 0.823 bits per heavy atom. The highest BCUT2D eigenvalue weighted by Gasteiger charge is 2.19. The van der Waals surface area contributed by atoms with E-state index in [9.17, 15) is 0 Å². The number of hydrogen-bond acceptors (Lipinski definition) is 6. The van der Waals surface area contributed by atoms with Crippen LogP contribution in [0.4, 0.5) is 0 Å². The molecule has 0 saturated carbocycles. The van der Waals surface area contributed by atoms with Gasteiger partial charge in [-0.2, -0.15) is 0 Å². The van der Waals surface area contributed by atoms with Crippen molar-refractivity contribution in [1.29, 1.82) is 0 Å². The molecule has 6 nitrogen and oxygen atoms in total. The van der Waals surface area contributed by atoms with E-state index in [1.807, 2.05) is 91.3 Å². The van der Waals surface area contributed by atoms with Crippen molar-refractivity contribution >= 4 is 43.9 Å². The largest absolute Gasteiger partial charge is 0.456 e. The van der Waals surface area contributed by atoms with Gasteiger partial charge in [-0.05, 0) is 58.7 Å². The Balaban J connectivity index is 0.906. The SMILES string of the molecule is c1ccc(-c2cc(-c3ccc(-c4ccc(-c5ccc6c(c5)oc5ccccc56)c5oc6ccccc6c45)cc3)nc(-c3ccc(-c4cnc(-c5ccccc5)nc4)cc3)n2)cc1. The van der Waals surface area contributed by atoms with Crippen LogP contribution in [-0.2, 0) is 0 Å². The second-order valence-electron chi connectivity index (χ2n) is 15.4. The van der Waals surface area contributed by atoms with E-state index in [4.69, 9.17) is 18.8 Å². The predicted octanol–water partition coefficient (Wildman–Crippen LogP) is 14.7. The molecule has 0 amide bonds. The van der Waals surface area contributed by atoms with Gasteiger partial charge >= 0.3 is 0 Å². The van der Waals surface area contributed by atoms with Crippen molar-refractivity contribution in [2.75, 3.05) is 0 Å². The molecule has 6 heteroatoms. The maximum Gasteiger partial charge on any atom is 0.160 e. The van der Waals surface area contributed by atoms with Gasteiger partial charge in [0.2, 0.25) is 0 Å². The van der Waals surface area contributed by atoms with Crippen molar-refractivity contribution in [1.82, 2.24) is 19.9 Å². The fourth-order valence-electron chi connectivity index (χ4n) is 8.52. The Morgan fingerprint density at radius 3 is 1.55 bits per heavy atom. The van der Waals surface area contributed by atoms with Crippen LogP contribution in [0.5, 0.6) is 0 Å². The molecule has 62 heavy (non-hydrogen) atoms. The molecule has 0 radical (unpaired) electrons. The number of furan rings is 2. The second-order valence-corrected chi connectivity index (χ2v) is 15.4. The van der Waals surface area contributed by atoms with Crippen LogP contribution in [-0.4, -0.2) is 19.9 Å². The van der Waals surface area contributed by atoms with E-state index in [0.29, 0.717) is 11.6 Å². The zero-order chi connectivity index (χ0) is 41.0. The molecule has 0 fully saturated rings. The van der Waals surface area contributed by atoms with Crippen LogP contribution in [0.3, 0.4) is 0 Å². The van der Waals surface area contributed by atoms with Gasteiger partial charge in [0, 0.05) is 67.3 Å². The third kappa shape index (κ3) is 6.21. The highest BCUT2D eigenvalue weighted by molar-refractivity contribution is 6.17. The molecule has 4 heterocycles. The van der Waals surface area contributed by atoms with Crippen LogP contribution >= 0.6 is 0 Å². The van der Waals surface area contributed by atoms with E-state index in [2.05, 4.69) is 125 Å². The summed E-state index contributed by atoms with van der Waals surface area (Å²) in [5.74, 6) is 1.35. The minimum Gasteiger partial charge on any atom is -0.456 e. The standard InChI is InChI=1S/C56H34N4O2/c1-3-11-37(12-4-1)48-32-49(60-56(59-48)40-25-19-35(20-26-40)42-33-57-55(58-34-42)39-13-5-2-6-14-39)38-23-21-36(22-24-38)43-29-30-44(54-53(43)47-16-8-10-18-51(47)62-54)41-27-28-46-45-15-7-9-17-50(45)61-52(46)31-41/h1-34H. The van der Waals surface area contributed by atoms with E-state index >= 15 is 0 Å². The Kier molecular flexibility index (Phi) is 8.38. The number of aromatic nitrogens is 4. The normalized spacial score (nSPS) is 11.5. The van der Waals surface area contributed by atoms with E-state index in [0.717, 1.165) is 111 Å². The zero-order valence-corrected chi connectivity index (χ0v) is 33.2. The van der Waals surface area contributed by atoms with Gasteiger partial charge < -0.3 is 8.83 Å². The molecule has 0 N–H and O–H groups in total. The van der Waals surface area contributed by atoms with Crippen molar-refractivity contribution in [3.8, 4) is 78.7 Å². The lowest BCUT2D eigenvalue weighted by Crippen LogP contribution is -1.96. The van der Waals surface area contributed by atoms with Gasteiger partial charge in [-0.1, -0.05) is 158 Å². The first-order valence-electron chi connectivity index (χ1n) is 20.6. The Bertz CT molecular complexity index is 3600. The maximum atomic E-state index is 6.67. The van der Waals surface area contributed by atoms with Crippen molar-refractivity contribution in [2.45, 2.75) is 0 Å². The molecule has 12 aromatic rings. The summed E-state index contributed by atoms with van der Waals surface area (Å²) >= 11 is 0. The first-order chi connectivity index (χ1) is 30.7. The Labute approximate surface area is 356 Å². The summed E-state index contributed by atoms with van der Waals surface area (Å²) in [7, 11) is 0. The molecule has 0 bridgehead atoms. The number of nitrogens with zero attached hydrogens (tertiary/aromatic N) is 4. The van der Waals surface area contributed by atoms with Gasteiger partial charge in [-0.15, -0.1) is 0 Å². The lowest BCUT2D eigenvalue weighted by Gasteiger charge is -2.11. The van der Waals surface area contributed by atoms with Crippen molar-refractivity contribution in [3.05, 3.63) is 207 Å².